The van der Waals surface area contributed by atoms with Gasteiger partial charge in [-0.25, -0.2) is 0 Å². The van der Waals surface area contributed by atoms with Crippen molar-refractivity contribution in [3.63, 3.8) is 0 Å². The third-order valence-corrected chi connectivity index (χ3v) is 3.72. The van der Waals surface area contributed by atoms with E-state index in [2.05, 4.69) is 24.4 Å². The summed E-state index contributed by atoms with van der Waals surface area (Å²) in [5, 5.41) is 3.01. The van der Waals surface area contributed by atoms with Gasteiger partial charge >= 0.3 is 0 Å². The van der Waals surface area contributed by atoms with Crippen molar-refractivity contribution >= 4 is 11.6 Å². The molecule has 3 nitrogen and oxygen atoms in total. The lowest BCUT2D eigenvalue weighted by atomic mass is 10.0. The summed E-state index contributed by atoms with van der Waals surface area (Å²) in [4.78, 5) is 17.0. The lowest BCUT2D eigenvalue weighted by Gasteiger charge is -2.16. The molecule has 0 aliphatic heterocycles. The van der Waals surface area contributed by atoms with Gasteiger partial charge in [-0.05, 0) is 45.6 Å². The van der Waals surface area contributed by atoms with Crippen LogP contribution in [0, 0.1) is 5.92 Å². The molecule has 1 saturated carbocycles. The minimum absolute atomic E-state index is 0.0245. The molecule has 0 radical (unpaired) electrons. The molecule has 1 unspecified atom stereocenters. The zero-order valence-corrected chi connectivity index (χ0v) is 12.6. The van der Waals surface area contributed by atoms with Crippen molar-refractivity contribution in [1.29, 1.82) is 0 Å². The van der Waals surface area contributed by atoms with Crippen molar-refractivity contribution in [2.24, 2.45) is 10.9 Å². The highest BCUT2D eigenvalue weighted by Crippen LogP contribution is 2.27. The second-order valence-electron chi connectivity index (χ2n) is 5.82. The molecule has 1 aromatic carbocycles. The van der Waals surface area contributed by atoms with E-state index in [9.17, 15) is 4.79 Å². The highest BCUT2D eigenvalue weighted by molar-refractivity contribution is 6.05. The van der Waals surface area contributed by atoms with Crippen LogP contribution in [0.15, 0.2) is 35.3 Å². The fourth-order valence-corrected chi connectivity index (χ4v) is 2.71. The number of carbonyl (C=O) groups is 1. The van der Waals surface area contributed by atoms with Gasteiger partial charge in [0.2, 0.25) is 5.91 Å². The number of rotatable bonds is 4. The van der Waals surface area contributed by atoms with E-state index >= 15 is 0 Å². The van der Waals surface area contributed by atoms with Crippen molar-refractivity contribution < 1.29 is 4.79 Å². The molecule has 0 spiro atoms. The van der Waals surface area contributed by atoms with Crippen molar-refractivity contribution in [1.82, 2.24) is 5.32 Å². The van der Waals surface area contributed by atoms with Crippen LogP contribution < -0.4 is 5.32 Å². The number of hydrogen-bond donors (Lipinski definition) is 1. The van der Waals surface area contributed by atoms with Crippen LogP contribution in [0.2, 0.25) is 0 Å². The Morgan fingerprint density at radius 1 is 1.25 bits per heavy atom. The smallest absolute Gasteiger partial charge is 0.228 e. The topological polar surface area (TPSA) is 41.5 Å². The molecule has 1 N–H and O–H groups in total. The average molecular weight is 272 g/mol. The third kappa shape index (κ3) is 3.69. The van der Waals surface area contributed by atoms with Crippen LogP contribution in [-0.2, 0) is 4.79 Å². The molecular weight excluding hydrogens is 248 g/mol. The fourth-order valence-electron chi connectivity index (χ4n) is 2.71. The van der Waals surface area contributed by atoms with Crippen LogP contribution in [-0.4, -0.2) is 17.7 Å². The van der Waals surface area contributed by atoms with Crippen LogP contribution in [0.25, 0.3) is 0 Å². The number of benzene rings is 1. The quantitative estimate of drug-likeness (QED) is 0.895. The Balaban J connectivity index is 2.10. The lowest BCUT2D eigenvalue weighted by Crippen LogP contribution is -2.37. The highest BCUT2D eigenvalue weighted by Gasteiger charge is 2.29. The van der Waals surface area contributed by atoms with Crippen LogP contribution in [0.4, 0.5) is 0 Å². The molecule has 0 heterocycles. The van der Waals surface area contributed by atoms with E-state index in [4.69, 9.17) is 4.99 Å². The molecule has 1 amide bonds. The maximum atomic E-state index is 12.2. The number of nitrogens with one attached hydrogen (secondary N) is 1. The minimum atomic E-state index is -0.0245. The Labute approximate surface area is 121 Å². The van der Waals surface area contributed by atoms with Gasteiger partial charge in [0.05, 0.1) is 12.0 Å². The Kier molecular flexibility index (Phi) is 4.94. The zero-order chi connectivity index (χ0) is 14.5. The molecule has 20 heavy (non-hydrogen) atoms. The molecule has 3 heteroatoms. The van der Waals surface area contributed by atoms with Crippen LogP contribution in [0.1, 0.15) is 51.6 Å². The molecule has 2 atom stereocenters. The van der Waals surface area contributed by atoms with Gasteiger partial charge in [0.25, 0.3) is 0 Å². The molecule has 1 fully saturated rings. The summed E-state index contributed by atoms with van der Waals surface area (Å²) in [6, 6.07) is 10.6. The third-order valence-electron chi connectivity index (χ3n) is 3.72. The van der Waals surface area contributed by atoms with Crippen LogP contribution in [0.3, 0.4) is 0 Å². The minimum Gasteiger partial charge on any atom is -0.353 e. The molecule has 108 valence electrons. The number of amides is 1. The molecule has 0 saturated heterocycles. The molecule has 1 aliphatic carbocycles. The Morgan fingerprint density at radius 2 is 1.95 bits per heavy atom. The summed E-state index contributed by atoms with van der Waals surface area (Å²) in [5.74, 6) is 0.111. The molecule has 1 aromatic rings. The van der Waals surface area contributed by atoms with Gasteiger partial charge in [0.15, 0.2) is 0 Å². The maximum Gasteiger partial charge on any atom is 0.228 e. The van der Waals surface area contributed by atoms with E-state index in [0.717, 1.165) is 25.0 Å². The lowest BCUT2D eigenvalue weighted by molar-refractivity contribution is -0.123. The van der Waals surface area contributed by atoms with Crippen molar-refractivity contribution in [2.45, 2.75) is 52.1 Å². The fraction of sp³-hybridized carbons (Fsp3) is 0.529. The summed E-state index contributed by atoms with van der Waals surface area (Å²) in [7, 11) is 0. The number of carbonyl (C=O) groups excluding carboxylic acids is 1. The van der Waals surface area contributed by atoms with Gasteiger partial charge in [-0.2, -0.15) is 0 Å². The van der Waals surface area contributed by atoms with E-state index in [1.54, 1.807) is 0 Å². The largest absolute Gasteiger partial charge is 0.353 e. The van der Waals surface area contributed by atoms with E-state index < -0.39 is 0 Å². The second kappa shape index (κ2) is 6.69. The molecule has 1 aliphatic rings. The summed E-state index contributed by atoms with van der Waals surface area (Å²) in [5.41, 5.74) is 2.27. The summed E-state index contributed by atoms with van der Waals surface area (Å²) in [6.07, 6.45) is 2.95. The Bertz CT molecular complexity index is 479. The normalized spacial score (nSPS) is 22.2. The highest BCUT2D eigenvalue weighted by atomic mass is 16.1. The van der Waals surface area contributed by atoms with E-state index in [1.165, 1.54) is 5.56 Å². The monoisotopic (exact) mass is 272 g/mol. The molecule has 0 aromatic heterocycles. The van der Waals surface area contributed by atoms with E-state index in [1.807, 2.05) is 32.0 Å². The zero-order valence-electron chi connectivity index (χ0n) is 12.6. The van der Waals surface area contributed by atoms with E-state index in [0.29, 0.717) is 0 Å². The van der Waals surface area contributed by atoms with Gasteiger partial charge in [-0.15, -0.1) is 0 Å². The van der Waals surface area contributed by atoms with Crippen LogP contribution in [0.5, 0.6) is 0 Å². The summed E-state index contributed by atoms with van der Waals surface area (Å²) < 4.78 is 0. The van der Waals surface area contributed by atoms with Crippen molar-refractivity contribution in [2.75, 3.05) is 0 Å². The average Bonchev–Trinajstić information content (AvgIpc) is 2.87. The first-order valence-corrected chi connectivity index (χ1v) is 7.50. The van der Waals surface area contributed by atoms with Gasteiger partial charge in [-0.1, -0.05) is 30.3 Å². The standard InChI is InChI=1S/C17H24N2O/c1-12(2)18-17(20)15-10-7-11-16(15)19-13(3)14-8-5-4-6-9-14/h4-6,8-9,12-13,15H,7,10-11H2,1-3H3,(H,18,20)/t13-,15?/m1/s1. The van der Waals surface area contributed by atoms with Crippen molar-refractivity contribution in [3.8, 4) is 0 Å². The van der Waals surface area contributed by atoms with Gasteiger partial charge < -0.3 is 5.32 Å². The molecule has 2 rings (SSSR count). The number of aliphatic imine (C=N–C) groups is 1. The SMILES string of the molecule is CC(C)NC(=O)C1CCCC1=N[C@H](C)c1ccccc1. The maximum absolute atomic E-state index is 12.2. The Hall–Kier alpha value is -1.64. The predicted octanol–water partition coefficient (Wildman–Crippen LogP) is 3.51. The number of nitrogens with zero attached hydrogens (tertiary/aromatic N) is 1. The summed E-state index contributed by atoms with van der Waals surface area (Å²) in [6.45, 7) is 6.09. The van der Waals surface area contributed by atoms with Gasteiger partial charge in [-0.3, -0.25) is 9.79 Å². The molecule has 0 bridgehead atoms. The molecular formula is C17H24N2O. The first-order valence-electron chi connectivity index (χ1n) is 7.50. The predicted molar refractivity (Wildman–Crippen MR) is 82.9 cm³/mol. The first-order chi connectivity index (χ1) is 9.58. The van der Waals surface area contributed by atoms with Crippen molar-refractivity contribution in [3.05, 3.63) is 35.9 Å². The van der Waals surface area contributed by atoms with E-state index in [-0.39, 0.29) is 23.9 Å². The van der Waals surface area contributed by atoms with Gasteiger partial charge in [0.1, 0.15) is 0 Å². The summed E-state index contributed by atoms with van der Waals surface area (Å²) >= 11 is 0. The first kappa shape index (κ1) is 14.8. The van der Waals surface area contributed by atoms with Crippen LogP contribution >= 0.6 is 0 Å². The number of hydrogen-bond acceptors (Lipinski definition) is 2. The second-order valence-corrected chi connectivity index (χ2v) is 5.82. The Morgan fingerprint density at radius 3 is 2.60 bits per heavy atom. The van der Waals surface area contributed by atoms with Gasteiger partial charge in [0, 0.05) is 11.8 Å².